The fourth-order valence-electron chi connectivity index (χ4n) is 3.21. The topological polar surface area (TPSA) is 3.88 Å². The Kier molecular flexibility index (Phi) is 3.20. The van der Waals surface area contributed by atoms with Crippen molar-refractivity contribution in [2.45, 2.75) is 13.8 Å². The van der Waals surface area contributed by atoms with Crippen LogP contribution >= 0.6 is 11.3 Å². The molecule has 0 saturated heterocycles. The van der Waals surface area contributed by atoms with Gasteiger partial charge in [0.25, 0.3) is 0 Å². The van der Waals surface area contributed by atoms with Crippen LogP contribution in [0.1, 0.15) is 11.1 Å². The summed E-state index contributed by atoms with van der Waals surface area (Å²) in [5, 5.41) is 2.35. The summed E-state index contributed by atoms with van der Waals surface area (Å²) in [5.74, 6) is -0.132. The number of aryl methyl sites for hydroxylation is 3. The Hall–Kier alpha value is -2.26. The van der Waals surface area contributed by atoms with Crippen LogP contribution in [0.15, 0.2) is 48.7 Å². The molecule has 0 aliphatic carbocycles. The molecule has 1 nitrogen and oxygen atoms in total. The van der Waals surface area contributed by atoms with Gasteiger partial charge in [-0.3, -0.25) is 0 Å². The summed E-state index contributed by atoms with van der Waals surface area (Å²) in [5.41, 5.74) is 4.40. The van der Waals surface area contributed by atoms with Crippen molar-refractivity contribution in [3.63, 3.8) is 0 Å². The van der Waals surface area contributed by atoms with E-state index in [2.05, 4.69) is 49.0 Å². The third kappa shape index (κ3) is 2.07. The molecule has 0 atom stereocenters. The van der Waals surface area contributed by atoms with Gasteiger partial charge in [0, 0.05) is 37.9 Å². The van der Waals surface area contributed by atoms with E-state index in [-0.39, 0.29) is 5.82 Å². The van der Waals surface area contributed by atoms with E-state index in [0.29, 0.717) is 0 Å². The molecule has 0 fully saturated rings. The van der Waals surface area contributed by atoms with Crippen LogP contribution in [0, 0.1) is 19.7 Å². The molecule has 0 amide bonds. The molecular weight excluding hydrogens is 305 g/mol. The van der Waals surface area contributed by atoms with E-state index in [1.54, 1.807) is 17.4 Å². The van der Waals surface area contributed by atoms with Crippen molar-refractivity contribution in [3.8, 4) is 11.3 Å². The molecule has 23 heavy (non-hydrogen) atoms. The number of fused-ring (bicyclic) bond motifs is 3. The number of nitrogens with zero attached hydrogens (tertiary/aromatic N) is 1. The number of thiophene rings is 1. The number of rotatable bonds is 1. The van der Waals surface area contributed by atoms with Gasteiger partial charge in [-0.05, 0) is 37.6 Å². The molecule has 0 aliphatic rings. The molecule has 3 heteroatoms. The highest BCUT2D eigenvalue weighted by Crippen LogP contribution is 2.42. The minimum atomic E-state index is -0.132. The number of halogens is 1. The van der Waals surface area contributed by atoms with E-state index < -0.39 is 0 Å². The van der Waals surface area contributed by atoms with Crippen molar-refractivity contribution in [2.75, 3.05) is 0 Å². The summed E-state index contributed by atoms with van der Waals surface area (Å²) in [6, 6.07) is 14.0. The summed E-state index contributed by atoms with van der Waals surface area (Å²) in [7, 11) is 2.06. The lowest BCUT2D eigenvalue weighted by Crippen LogP contribution is -2.30. The van der Waals surface area contributed by atoms with Crippen LogP contribution in [0.4, 0.5) is 4.39 Å². The first kappa shape index (κ1) is 14.3. The molecule has 0 unspecified atom stereocenters. The third-order valence-corrected chi connectivity index (χ3v) is 5.87. The molecule has 0 spiro atoms. The zero-order valence-corrected chi connectivity index (χ0v) is 14.2. The van der Waals surface area contributed by atoms with Crippen molar-refractivity contribution in [1.82, 2.24) is 0 Å². The first-order chi connectivity index (χ1) is 11.1. The first-order valence-electron chi connectivity index (χ1n) is 7.64. The summed E-state index contributed by atoms with van der Waals surface area (Å²) < 4.78 is 18.4. The van der Waals surface area contributed by atoms with Gasteiger partial charge >= 0.3 is 0 Å². The molecule has 114 valence electrons. The second-order valence-corrected chi connectivity index (χ2v) is 7.00. The fourth-order valence-corrected chi connectivity index (χ4v) is 4.61. The van der Waals surface area contributed by atoms with Gasteiger partial charge in [0.2, 0.25) is 5.69 Å². The average Bonchev–Trinajstić information content (AvgIpc) is 2.91. The van der Waals surface area contributed by atoms with Crippen molar-refractivity contribution in [1.29, 1.82) is 0 Å². The summed E-state index contributed by atoms with van der Waals surface area (Å²) in [6.07, 6.45) is 2.06. The van der Waals surface area contributed by atoms with Gasteiger partial charge in [0.1, 0.15) is 12.9 Å². The monoisotopic (exact) mass is 322 g/mol. The van der Waals surface area contributed by atoms with Gasteiger partial charge in [-0.1, -0.05) is 12.1 Å². The largest absolute Gasteiger partial charge is 0.213 e. The van der Waals surface area contributed by atoms with E-state index in [1.807, 2.05) is 19.1 Å². The summed E-state index contributed by atoms with van der Waals surface area (Å²) in [4.78, 5) is 0. The fraction of sp³-hybridized carbons (Fsp3) is 0.150. The van der Waals surface area contributed by atoms with Gasteiger partial charge in [-0.25, -0.2) is 8.96 Å². The molecule has 2 aromatic heterocycles. The van der Waals surface area contributed by atoms with Gasteiger partial charge < -0.3 is 0 Å². The molecule has 0 N–H and O–H groups in total. The lowest BCUT2D eigenvalue weighted by molar-refractivity contribution is -0.660. The highest BCUT2D eigenvalue weighted by Gasteiger charge is 2.19. The normalized spacial score (nSPS) is 11.5. The number of aromatic nitrogens is 1. The quantitative estimate of drug-likeness (QED) is 0.419. The van der Waals surface area contributed by atoms with E-state index in [9.17, 15) is 4.39 Å². The molecule has 2 heterocycles. The predicted octanol–water partition coefficient (Wildman–Crippen LogP) is 5.30. The molecule has 4 rings (SSSR count). The van der Waals surface area contributed by atoms with E-state index in [0.717, 1.165) is 15.6 Å². The maximum atomic E-state index is 13.9. The average molecular weight is 322 g/mol. The van der Waals surface area contributed by atoms with Gasteiger partial charge in [-0.2, -0.15) is 0 Å². The Balaban J connectivity index is 2.19. The summed E-state index contributed by atoms with van der Waals surface area (Å²) in [6.45, 7) is 4.00. The minimum absolute atomic E-state index is 0.132. The van der Waals surface area contributed by atoms with E-state index in [1.165, 1.54) is 26.9 Å². The zero-order valence-electron chi connectivity index (χ0n) is 13.4. The molecule has 0 saturated carbocycles. The van der Waals surface area contributed by atoms with E-state index in [4.69, 9.17) is 0 Å². The first-order valence-corrected chi connectivity index (χ1v) is 8.45. The van der Waals surface area contributed by atoms with Crippen molar-refractivity contribution < 1.29 is 8.96 Å². The lowest BCUT2D eigenvalue weighted by Gasteiger charge is -2.05. The Labute approximate surface area is 138 Å². The number of hydrogen-bond acceptors (Lipinski definition) is 1. The molecular formula is C20H17FNS+. The SMILES string of the molecule is Cc1ccc2c(sc3c(C)c(F)ccc32)c1-c1cccc[n+]1C. The van der Waals surface area contributed by atoms with Crippen LogP contribution in [0.5, 0.6) is 0 Å². The Morgan fingerprint density at radius 3 is 2.43 bits per heavy atom. The minimum Gasteiger partial charge on any atom is -0.207 e. The predicted molar refractivity (Wildman–Crippen MR) is 95.4 cm³/mol. The van der Waals surface area contributed by atoms with Gasteiger partial charge in [0.15, 0.2) is 6.20 Å². The van der Waals surface area contributed by atoms with Crippen molar-refractivity contribution in [2.24, 2.45) is 7.05 Å². The molecule has 4 aromatic rings. The molecule has 2 aromatic carbocycles. The second-order valence-electron chi connectivity index (χ2n) is 5.98. The van der Waals surface area contributed by atoms with Crippen LogP contribution in [0.3, 0.4) is 0 Å². The molecule has 0 bridgehead atoms. The highest BCUT2D eigenvalue weighted by molar-refractivity contribution is 7.26. The second kappa shape index (κ2) is 5.14. The Morgan fingerprint density at radius 2 is 1.65 bits per heavy atom. The summed E-state index contributed by atoms with van der Waals surface area (Å²) >= 11 is 1.69. The smallest absolute Gasteiger partial charge is 0.207 e. The lowest BCUT2D eigenvalue weighted by atomic mass is 10.0. The molecule has 0 radical (unpaired) electrons. The maximum Gasteiger partial charge on any atom is 0.213 e. The Bertz CT molecular complexity index is 1060. The third-order valence-electron chi connectivity index (χ3n) is 4.51. The van der Waals surface area contributed by atoms with Crippen LogP contribution in [-0.4, -0.2) is 0 Å². The van der Waals surface area contributed by atoms with Gasteiger partial charge in [0.05, 0.1) is 5.56 Å². The van der Waals surface area contributed by atoms with Crippen LogP contribution in [-0.2, 0) is 7.05 Å². The van der Waals surface area contributed by atoms with Gasteiger partial charge in [-0.15, -0.1) is 11.3 Å². The Morgan fingerprint density at radius 1 is 0.913 bits per heavy atom. The van der Waals surface area contributed by atoms with Crippen LogP contribution in [0.25, 0.3) is 31.4 Å². The van der Waals surface area contributed by atoms with Crippen molar-refractivity contribution >= 4 is 31.5 Å². The number of benzene rings is 2. The highest BCUT2D eigenvalue weighted by atomic mass is 32.1. The number of hydrogen-bond donors (Lipinski definition) is 0. The van der Waals surface area contributed by atoms with Crippen molar-refractivity contribution in [3.05, 3.63) is 65.6 Å². The number of pyridine rings is 1. The van der Waals surface area contributed by atoms with Crippen LogP contribution in [0.2, 0.25) is 0 Å². The van der Waals surface area contributed by atoms with E-state index >= 15 is 0 Å². The maximum absolute atomic E-state index is 13.9. The van der Waals surface area contributed by atoms with Crippen LogP contribution < -0.4 is 4.57 Å². The molecule has 0 aliphatic heterocycles. The zero-order chi connectivity index (χ0) is 16.1. The standard InChI is InChI=1S/C20H17FNS/c1-12-7-8-15-14-9-10-16(21)13(2)19(14)23-20(15)18(12)17-6-4-5-11-22(17)3/h4-11H,1-3H3/q+1.